The number of aromatic nitrogens is 1. The first-order valence-corrected chi connectivity index (χ1v) is 9.81. The molecule has 138 valence electrons. The van der Waals surface area contributed by atoms with Gasteiger partial charge in [-0.15, -0.1) is 0 Å². The smallest absolute Gasteiger partial charge is 0.135 e. The van der Waals surface area contributed by atoms with Gasteiger partial charge in [-0.2, -0.15) is 0 Å². The monoisotopic (exact) mass is 373 g/mol. The first-order chi connectivity index (χ1) is 14.2. The van der Waals surface area contributed by atoms with Gasteiger partial charge in [0.05, 0.1) is 11.0 Å². The zero-order chi connectivity index (χ0) is 19.5. The van der Waals surface area contributed by atoms with Gasteiger partial charge < -0.3 is 8.98 Å². The largest absolute Gasteiger partial charge is 0.456 e. The summed E-state index contributed by atoms with van der Waals surface area (Å²) in [5.41, 5.74) is 7.57. The maximum atomic E-state index is 6.10. The summed E-state index contributed by atoms with van der Waals surface area (Å²) in [5, 5.41) is 4.79. The zero-order valence-corrected chi connectivity index (χ0v) is 16.1. The second-order valence-corrected chi connectivity index (χ2v) is 7.64. The van der Waals surface area contributed by atoms with Gasteiger partial charge in [0, 0.05) is 27.2 Å². The van der Waals surface area contributed by atoms with Crippen LogP contribution >= 0.6 is 0 Å². The highest BCUT2D eigenvalue weighted by molar-refractivity contribution is 6.10. The lowest BCUT2D eigenvalue weighted by Crippen LogP contribution is -1.93. The van der Waals surface area contributed by atoms with Crippen LogP contribution in [0.1, 0.15) is 12.5 Å². The van der Waals surface area contributed by atoms with Crippen molar-refractivity contribution in [2.24, 2.45) is 0 Å². The molecule has 0 radical (unpaired) electrons. The maximum absolute atomic E-state index is 6.10. The third kappa shape index (κ3) is 2.29. The van der Waals surface area contributed by atoms with Crippen LogP contribution in [0.25, 0.3) is 55.0 Å². The Balaban J connectivity index is 1.70. The molecule has 6 aromatic rings. The average Bonchev–Trinajstić information content (AvgIpc) is 3.28. The van der Waals surface area contributed by atoms with Crippen molar-refractivity contribution in [3.05, 3.63) is 97.1 Å². The summed E-state index contributed by atoms with van der Waals surface area (Å²) < 4.78 is 8.43. The highest BCUT2D eigenvalue weighted by Crippen LogP contribution is 2.35. The predicted molar refractivity (Wildman–Crippen MR) is 123 cm³/mol. The lowest BCUT2D eigenvalue weighted by atomic mass is 10.0. The fraction of sp³-hybridized carbons (Fsp3) is 0.0370. The van der Waals surface area contributed by atoms with Gasteiger partial charge in [-0.3, -0.25) is 0 Å². The number of benzene rings is 4. The lowest BCUT2D eigenvalue weighted by Gasteiger charge is -2.08. The summed E-state index contributed by atoms with van der Waals surface area (Å²) in [4.78, 5) is 0. The number of hydrogen-bond acceptors (Lipinski definition) is 1. The minimum Gasteiger partial charge on any atom is -0.456 e. The molecule has 0 unspecified atom stereocenters. The maximum Gasteiger partial charge on any atom is 0.135 e. The van der Waals surface area contributed by atoms with E-state index in [1.54, 1.807) is 0 Å². The predicted octanol–water partition coefficient (Wildman–Crippen LogP) is 7.72. The van der Waals surface area contributed by atoms with Gasteiger partial charge in [0.2, 0.25) is 0 Å². The molecular formula is C27H19NO. The lowest BCUT2D eigenvalue weighted by molar-refractivity contribution is 0.669. The van der Waals surface area contributed by atoms with E-state index in [1.807, 2.05) is 13.0 Å². The number of hydrogen-bond donors (Lipinski definition) is 0. The van der Waals surface area contributed by atoms with E-state index in [0.29, 0.717) is 0 Å². The third-order valence-corrected chi connectivity index (χ3v) is 5.78. The van der Waals surface area contributed by atoms with E-state index in [4.69, 9.17) is 4.42 Å². The Kier molecular flexibility index (Phi) is 3.27. The summed E-state index contributed by atoms with van der Waals surface area (Å²) in [6, 6.07) is 29.9. The van der Waals surface area contributed by atoms with Crippen molar-refractivity contribution in [1.29, 1.82) is 0 Å². The van der Waals surface area contributed by atoms with E-state index in [9.17, 15) is 0 Å². The van der Waals surface area contributed by atoms with Gasteiger partial charge in [-0.1, -0.05) is 54.6 Å². The number of rotatable bonds is 2. The molecule has 0 saturated carbocycles. The molecular weight excluding hydrogens is 354 g/mol. The Morgan fingerprint density at radius 1 is 0.690 bits per heavy atom. The van der Waals surface area contributed by atoms with Crippen LogP contribution in [0.4, 0.5) is 0 Å². The molecule has 0 spiro atoms. The van der Waals surface area contributed by atoms with Crippen molar-refractivity contribution in [2.45, 2.75) is 6.92 Å². The number of furan rings is 1. The zero-order valence-electron chi connectivity index (χ0n) is 16.1. The van der Waals surface area contributed by atoms with Crippen LogP contribution in [0, 0.1) is 0 Å². The molecule has 2 heteroatoms. The Bertz CT molecular complexity index is 1530. The van der Waals surface area contributed by atoms with E-state index < -0.39 is 0 Å². The van der Waals surface area contributed by atoms with Crippen molar-refractivity contribution in [1.82, 2.24) is 4.57 Å². The van der Waals surface area contributed by atoms with Gasteiger partial charge in [-0.25, -0.2) is 0 Å². The Morgan fingerprint density at radius 2 is 1.28 bits per heavy atom. The Morgan fingerprint density at radius 3 is 1.93 bits per heavy atom. The molecule has 0 aliphatic heterocycles. The fourth-order valence-corrected chi connectivity index (χ4v) is 4.37. The number of fused-ring (bicyclic) bond motifs is 6. The molecule has 0 saturated heterocycles. The number of allylic oxidation sites excluding steroid dienone is 1. The Labute approximate surface area is 168 Å². The van der Waals surface area contributed by atoms with Crippen molar-refractivity contribution < 1.29 is 4.42 Å². The van der Waals surface area contributed by atoms with Gasteiger partial charge in [-0.05, 0) is 55.0 Å². The van der Waals surface area contributed by atoms with Crippen LogP contribution in [0.15, 0.2) is 95.9 Å². The normalized spacial score (nSPS) is 11.8. The van der Waals surface area contributed by atoms with Gasteiger partial charge in [0.1, 0.15) is 11.2 Å². The molecule has 0 atom stereocenters. The minimum atomic E-state index is 0.906. The van der Waals surface area contributed by atoms with Crippen molar-refractivity contribution >= 4 is 49.3 Å². The quantitative estimate of drug-likeness (QED) is 0.304. The summed E-state index contributed by atoms with van der Waals surface area (Å²) >= 11 is 0. The van der Waals surface area contributed by atoms with E-state index in [2.05, 4.69) is 90.0 Å². The SMILES string of the molecule is C=C(C)c1ccc2oc3ccc(-n4c5ccccc5c5ccccc54)cc3c2c1. The van der Waals surface area contributed by atoms with E-state index in [1.165, 1.54) is 21.8 Å². The van der Waals surface area contributed by atoms with Crippen molar-refractivity contribution in [2.75, 3.05) is 0 Å². The van der Waals surface area contributed by atoms with Crippen LogP contribution in [0.2, 0.25) is 0 Å². The summed E-state index contributed by atoms with van der Waals surface area (Å²) in [5.74, 6) is 0. The molecule has 0 N–H and O–H groups in total. The first-order valence-electron chi connectivity index (χ1n) is 9.81. The second-order valence-electron chi connectivity index (χ2n) is 7.64. The van der Waals surface area contributed by atoms with E-state index in [-0.39, 0.29) is 0 Å². The van der Waals surface area contributed by atoms with E-state index in [0.717, 1.165) is 38.8 Å². The van der Waals surface area contributed by atoms with Crippen molar-refractivity contribution in [3.63, 3.8) is 0 Å². The molecule has 4 aromatic carbocycles. The average molecular weight is 373 g/mol. The van der Waals surface area contributed by atoms with Crippen LogP contribution < -0.4 is 0 Å². The standard InChI is InChI=1S/C27H19NO/c1-17(2)18-11-13-26-22(15-18)23-16-19(12-14-27(23)29-26)28-24-9-5-3-7-20(24)21-8-4-6-10-25(21)28/h3-16H,1H2,2H3. The molecule has 0 aliphatic carbocycles. The Hall–Kier alpha value is -3.78. The van der Waals surface area contributed by atoms with Crippen LogP contribution in [-0.2, 0) is 0 Å². The summed E-state index contributed by atoms with van der Waals surface area (Å²) in [6.07, 6.45) is 0. The molecule has 0 aliphatic rings. The topological polar surface area (TPSA) is 18.1 Å². The fourth-order valence-electron chi connectivity index (χ4n) is 4.37. The first kappa shape index (κ1) is 16.2. The molecule has 29 heavy (non-hydrogen) atoms. The van der Waals surface area contributed by atoms with Gasteiger partial charge >= 0.3 is 0 Å². The van der Waals surface area contributed by atoms with Gasteiger partial charge in [0.25, 0.3) is 0 Å². The number of nitrogens with zero attached hydrogens (tertiary/aromatic N) is 1. The third-order valence-electron chi connectivity index (χ3n) is 5.78. The molecule has 2 nitrogen and oxygen atoms in total. The highest BCUT2D eigenvalue weighted by atomic mass is 16.3. The molecule has 0 fully saturated rings. The highest BCUT2D eigenvalue weighted by Gasteiger charge is 2.14. The second kappa shape index (κ2) is 5.86. The van der Waals surface area contributed by atoms with Gasteiger partial charge in [0.15, 0.2) is 0 Å². The molecule has 2 heterocycles. The van der Waals surface area contributed by atoms with Crippen molar-refractivity contribution in [3.8, 4) is 5.69 Å². The molecule has 2 aromatic heterocycles. The van der Waals surface area contributed by atoms with E-state index >= 15 is 0 Å². The summed E-state index contributed by atoms with van der Waals surface area (Å²) in [7, 11) is 0. The molecule has 0 amide bonds. The van der Waals surface area contributed by atoms with Crippen LogP contribution in [-0.4, -0.2) is 4.57 Å². The van der Waals surface area contributed by atoms with Crippen LogP contribution in [0.3, 0.4) is 0 Å². The molecule has 0 bridgehead atoms. The van der Waals surface area contributed by atoms with Crippen LogP contribution in [0.5, 0.6) is 0 Å². The number of para-hydroxylation sites is 2. The minimum absolute atomic E-state index is 0.906. The summed E-state index contributed by atoms with van der Waals surface area (Å²) in [6.45, 7) is 6.12. The molecule has 6 rings (SSSR count).